The van der Waals surface area contributed by atoms with Gasteiger partial charge in [0.15, 0.2) is 6.29 Å². The van der Waals surface area contributed by atoms with Crippen molar-refractivity contribution in [2.45, 2.75) is 26.4 Å². The molecule has 0 amide bonds. The number of halogens is 1. The summed E-state index contributed by atoms with van der Waals surface area (Å²) in [5.74, 6) is 0. The van der Waals surface area contributed by atoms with E-state index < -0.39 is 5.60 Å². The molecule has 0 unspecified atom stereocenters. The second kappa shape index (κ2) is 5.52. The third-order valence-electron chi connectivity index (χ3n) is 2.44. The van der Waals surface area contributed by atoms with Gasteiger partial charge in [-0.15, -0.1) is 0 Å². The topological polar surface area (TPSA) is 40.5 Å². The Morgan fingerprint density at radius 1 is 1.47 bits per heavy atom. The normalized spacial score (nSPS) is 11.4. The Kier molecular flexibility index (Phi) is 4.54. The molecular weight excluding hydrogens is 238 g/mol. The molecule has 0 aliphatic heterocycles. The Morgan fingerprint density at radius 2 is 2.12 bits per heavy atom. The molecule has 0 aliphatic rings. The molecule has 94 valence electrons. The summed E-state index contributed by atoms with van der Waals surface area (Å²) < 4.78 is 0. The summed E-state index contributed by atoms with van der Waals surface area (Å²) in [6, 6.07) is 5.28. The molecule has 0 heterocycles. The van der Waals surface area contributed by atoms with Gasteiger partial charge < -0.3 is 10.0 Å². The Hall–Kier alpha value is -1.06. The van der Waals surface area contributed by atoms with E-state index in [4.69, 9.17) is 11.6 Å². The lowest BCUT2D eigenvalue weighted by Crippen LogP contribution is -2.38. The number of nitrogens with zero attached hydrogens (tertiary/aromatic N) is 1. The zero-order valence-corrected chi connectivity index (χ0v) is 11.2. The number of rotatable bonds is 5. The minimum absolute atomic E-state index is 0.437. The van der Waals surface area contributed by atoms with E-state index >= 15 is 0 Å². The second-order valence-electron chi connectivity index (χ2n) is 4.65. The number of likely N-dealkylation sites (N-methyl/N-ethyl adjacent to an activating group) is 1. The predicted molar refractivity (Wildman–Crippen MR) is 71.0 cm³/mol. The van der Waals surface area contributed by atoms with Gasteiger partial charge in [-0.3, -0.25) is 4.79 Å². The maximum Gasteiger partial charge on any atom is 0.151 e. The van der Waals surface area contributed by atoms with Crippen molar-refractivity contribution in [2.24, 2.45) is 0 Å². The van der Waals surface area contributed by atoms with Crippen molar-refractivity contribution >= 4 is 23.6 Å². The van der Waals surface area contributed by atoms with Gasteiger partial charge in [-0.1, -0.05) is 11.6 Å². The van der Waals surface area contributed by atoms with Crippen LogP contribution < -0.4 is 4.90 Å². The number of benzene rings is 1. The molecule has 0 atom stereocenters. The summed E-state index contributed by atoms with van der Waals surface area (Å²) in [4.78, 5) is 12.7. The Labute approximate surface area is 107 Å². The number of carbonyl (C=O) groups excluding carboxylic acids is 1. The van der Waals surface area contributed by atoms with Crippen LogP contribution in [0.2, 0.25) is 5.02 Å². The van der Waals surface area contributed by atoms with Crippen LogP contribution in [0, 0.1) is 0 Å². The van der Waals surface area contributed by atoms with Crippen molar-refractivity contribution in [3.8, 4) is 0 Å². The molecule has 0 fully saturated rings. The lowest BCUT2D eigenvalue weighted by molar-refractivity contribution is 0.0875. The molecule has 4 heteroatoms. The van der Waals surface area contributed by atoms with E-state index in [0.717, 1.165) is 18.5 Å². The standard InChI is InChI=1S/C13H18ClNO2/c1-4-15(9-13(2,3)17)11-6-5-10(8-16)12(14)7-11/h5-8,17H,4,9H2,1-3H3. The maximum atomic E-state index is 10.7. The van der Waals surface area contributed by atoms with Crippen LogP contribution in [-0.4, -0.2) is 30.1 Å². The minimum Gasteiger partial charge on any atom is -0.389 e. The predicted octanol–water partition coefficient (Wildman–Crippen LogP) is 2.75. The Morgan fingerprint density at radius 3 is 2.53 bits per heavy atom. The van der Waals surface area contributed by atoms with Crippen molar-refractivity contribution in [1.82, 2.24) is 0 Å². The summed E-state index contributed by atoms with van der Waals surface area (Å²) in [5, 5.41) is 10.3. The van der Waals surface area contributed by atoms with Gasteiger partial charge in [0.05, 0.1) is 10.6 Å². The van der Waals surface area contributed by atoms with Crippen LogP contribution in [0.25, 0.3) is 0 Å². The molecule has 0 saturated heterocycles. The van der Waals surface area contributed by atoms with Gasteiger partial charge in [-0.05, 0) is 39.0 Å². The molecule has 0 bridgehead atoms. The Balaban J connectivity index is 2.97. The minimum atomic E-state index is -0.772. The van der Waals surface area contributed by atoms with E-state index in [1.165, 1.54) is 0 Å². The Bertz CT molecular complexity index is 399. The largest absolute Gasteiger partial charge is 0.389 e. The summed E-state index contributed by atoms with van der Waals surface area (Å²) in [6.45, 7) is 6.81. The number of aldehydes is 1. The van der Waals surface area contributed by atoms with Crippen LogP contribution in [0.1, 0.15) is 31.1 Å². The van der Waals surface area contributed by atoms with Crippen molar-refractivity contribution in [2.75, 3.05) is 18.0 Å². The fourth-order valence-corrected chi connectivity index (χ4v) is 1.88. The second-order valence-corrected chi connectivity index (χ2v) is 5.06. The molecule has 0 spiro atoms. The van der Waals surface area contributed by atoms with Crippen LogP contribution in [0.3, 0.4) is 0 Å². The number of aliphatic hydroxyl groups is 1. The average Bonchev–Trinajstić information content (AvgIpc) is 2.24. The first-order chi connectivity index (χ1) is 7.87. The monoisotopic (exact) mass is 255 g/mol. The summed E-state index contributed by atoms with van der Waals surface area (Å²) in [5.41, 5.74) is 0.617. The van der Waals surface area contributed by atoms with E-state index in [1.54, 1.807) is 26.0 Å². The van der Waals surface area contributed by atoms with E-state index in [0.29, 0.717) is 17.1 Å². The summed E-state index contributed by atoms with van der Waals surface area (Å²) >= 11 is 5.98. The van der Waals surface area contributed by atoms with Crippen LogP contribution in [0.5, 0.6) is 0 Å². The molecule has 0 aromatic heterocycles. The number of carbonyl (C=O) groups is 1. The van der Waals surface area contributed by atoms with Gasteiger partial charge in [0.2, 0.25) is 0 Å². The number of hydrogen-bond acceptors (Lipinski definition) is 3. The van der Waals surface area contributed by atoms with Gasteiger partial charge in [-0.2, -0.15) is 0 Å². The lowest BCUT2D eigenvalue weighted by atomic mass is 10.1. The van der Waals surface area contributed by atoms with Gasteiger partial charge in [-0.25, -0.2) is 0 Å². The van der Waals surface area contributed by atoms with Crippen molar-refractivity contribution in [3.05, 3.63) is 28.8 Å². The lowest BCUT2D eigenvalue weighted by Gasteiger charge is -2.30. The molecule has 1 aromatic rings. The molecule has 1 aromatic carbocycles. The quantitative estimate of drug-likeness (QED) is 0.823. The first kappa shape index (κ1) is 14.0. The highest BCUT2D eigenvalue weighted by molar-refractivity contribution is 6.33. The van der Waals surface area contributed by atoms with E-state index in [1.807, 2.05) is 17.9 Å². The third kappa shape index (κ3) is 4.02. The molecule has 1 N–H and O–H groups in total. The number of anilines is 1. The molecule has 0 aliphatic carbocycles. The van der Waals surface area contributed by atoms with E-state index in [2.05, 4.69) is 0 Å². The molecular formula is C13H18ClNO2. The van der Waals surface area contributed by atoms with Gasteiger partial charge in [0.1, 0.15) is 0 Å². The van der Waals surface area contributed by atoms with Crippen LogP contribution in [0.4, 0.5) is 5.69 Å². The maximum absolute atomic E-state index is 10.7. The van der Waals surface area contributed by atoms with Gasteiger partial charge >= 0.3 is 0 Å². The number of hydrogen-bond donors (Lipinski definition) is 1. The zero-order chi connectivity index (χ0) is 13.1. The van der Waals surface area contributed by atoms with Crippen molar-refractivity contribution in [3.63, 3.8) is 0 Å². The molecule has 0 saturated carbocycles. The molecule has 3 nitrogen and oxygen atoms in total. The molecule has 1 rings (SSSR count). The highest BCUT2D eigenvalue weighted by Gasteiger charge is 2.18. The summed E-state index contributed by atoms with van der Waals surface area (Å²) in [6.07, 6.45) is 0.735. The van der Waals surface area contributed by atoms with E-state index in [-0.39, 0.29) is 0 Å². The van der Waals surface area contributed by atoms with Gasteiger partial charge in [0, 0.05) is 24.3 Å². The highest BCUT2D eigenvalue weighted by atomic mass is 35.5. The summed E-state index contributed by atoms with van der Waals surface area (Å²) in [7, 11) is 0. The van der Waals surface area contributed by atoms with Crippen molar-refractivity contribution < 1.29 is 9.90 Å². The van der Waals surface area contributed by atoms with Gasteiger partial charge in [0.25, 0.3) is 0 Å². The smallest absolute Gasteiger partial charge is 0.151 e. The van der Waals surface area contributed by atoms with Crippen LogP contribution >= 0.6 is 11.6 Å². The third-order valence-corrected chi connectivity index (χ3v) is 2.76. The first-order valence-corrected chi connectivity index (χ1v) is 5.97. The van der Waals surface area contributed by atoms with Crippen LogP contribution in [0.15, 0.2) is 18.2 Å². The first-order valence-electron chi connectivity index (χ1n) is 5.59. The SMILES string of the molecule is CCN(CC(C)(C)O)c1ccc(C=O)c(Cl)c1. The average molecular weight is 256 g/mol. The highest BCUT2D eigenvalue weighted by Crippen LogP contribution is 2.23. The zero-order valence-electron chi connectivity index (χ0n) is 10.4. The van der Waals surface area contributed by atoms with Crippen molar-refractivity contribution in [1.29, 1.82) is 0 Å². The fourth-order valence-electron chi connectivity index (χ4n) is 1.66. The van der Waals surface area contributed by atoms with Crippen LogP contribution in [-0.2, 0) is 0 Å². The van der Waals surface area contributed by atoms with E-state index in [9.17, 15) is 9.90 Å². The fraction of sp³-hybridized carbons (Fsp3) is 0.462. The molecule has 17 heavy (non-hydrogen) atoms. The molecule has 0 radical (unpaired) electrons.